The molecule has 1 N–H and O–H groups in total. The van der Waals surface area contributed by atoms with Crippen LogP contribution in [0.25, 0.3) is 0 Å². The number of hydrogen-bond donors (Lipinski definition) is 1. The Balaban J connectivity index is 1.71. The fraction of sp³-hybridized carbons (Fsp3) is 0.385. The molecule has 1 aromatic heterocycles. The van der Waals surface area contributed by atoms with Crippen molar-refractivity contribution in [2.45, 2.75) is 30.8 Å². The van der Waals surface area contributed by atoms with Gasteiger partial charge in [0.05, 0.1) is 6.54 Å². The molecule has 94 valence electrons. The van der Waals surface area contributed by atoms with Crippen LogP contribution < -0.4 is 5.32 Å². The van der Waals surface area contributed by atoms with E-state index in [1.54, 1.807) is 0 Å². The zero-order valence-corrected chi connectivity index (χ0v) is 11.0. The van der Waals surface area contributed by atoms with E-state index in [1.165, 1.54) is 10.5 Å². The maximum absolute atomic E-state index is 5.11. The van der Waals surface area contributed by atoms with E-state index in [4.69, 9.17) is 4.52 Å². The minimum Gasteiger partial charge on any atom is -0.338 e. The second-order valence-electron chi connectivity index (χ2n) is 4.34. The highest BCUT2D eigenvalue weighted by atomic mass is 32.2. The first-order valence-corrected chi connectivity index (χ1v) is 7.06. The summed E-state index contributed by atoms with van der Waals surface area (Å²) in [5.41, 5.74) is 1.38. The van der Waals surface area contributed by atoms with Crippen molar-refractivity contribution in [2.75, 3.05) is 5.75 Å². The Morgan fingerprint density at radius 3 is 3.17 bits per heavy atom. The van der Waals surface area contributed by atoms with Crippen LogP contribution in [-0.4, -0.2) is 15.9 Å². The van der Waals surface area contributed by atoms with Gasteiger partial charge in [0.25, 0.3) is 0 Å². The van der Waals surface area contributed by atoms with E-state index in [-0.39, 0.29) is 0 Å². The Bertz CT molecular complexity index is 541. The predicted octanol–water partition coefficient (Wildman–Crippen LogP) is 2.70. The van der Waals surface area contributed by atoms with Crippen LogP contribution >= 0.6 is 11.8 Å². The first-order valence-electron chi connectivity index (χ1n) is 6.07. The van der Waals surface area contributed by atoms with Gasteiger partial charge in [-0.3, -0.25) is 0 Å². The number of aromatic nitrogens is 2. The van der Waals surface area contributed by atoms with Crippen LogP contribution in [0.1, 0.15) is 29.7 Å². The number of fused-ring (bicyclic) bond motifs is 1. The van der Waals surface area contributed by atoms with Crippen LogP contribution in [0.4, 0.5) is 0 Å². The molecular weight excluding hydrogens is 246 g/mol. The molecular formula is C13H15N3OS. The van der Waals surface area contributed by atoms with Gasteiger partial charge in [-0.05, 0) is 30.7 Å². The molecule has 0 saturated heterocycles. The molecule has 1 aliphatic rings. The van der Waals surface area contributed by atoms with E-state index in [1.807, 2.05) is 18.7 Å². The van der Waals surface area contributed by atoms with Crippen LogP contribution in [0.3, 0.4) is 0 Å². The highest BCUT2D eigenvalue weighted by Crippen LogP contribution is 2.35. The van der Waals surface area contributed by atoms with Gasteiger partial charge in [-0.2, -0.15) is 4.98 Å². The lowest BCUT2D eigenvalue weighted by Gasteiger charge is -2.25. The standard InChI is InChI=1S/C13H15N3OS/c1-9-15-13(17-16-9)8-14-11-6-7-18-12-5-3-2-4-10(11)12/h2-5,11,14H,6-8H2,1H3. The summed E-state index contributed by atoms with van der Waals surface area (Å²) in [7, 11) is 0. The van der Waals surface area contributed by atoms with E-state index in [9.17, 15) is 0 Å². The van der Waals surface area contributed by atoms with Crippen LogP contribution in [0.15, 0.2) is 33.7 Å². The lowest BCUT2D eigenvalue weighted by Crippen LogP contribution is -2.24. The molecule has 5 heteroatoms. The van der Waals surface area contributed by atoms with Crippen molar-refractivity contribution >= 4 is 11.8 Å². The third-order valence-corrected chi connectivity index (χ3v) is 4.15. The molecule has 1 aromatic carbocycles. The van der Waals surface area contributed by atoms with Crippen molar-refractivity contribution in [3.8, 4) is 0 Å². The molecule has 0 spiro atoms. The molecule has 2 aromatic rings. The second-order valence-corrected chi connectivity index (χ2v) is 5.48. The largest absolute Gasteiger partial charge is 0.338 e. The maximum Gasteiger partial charge on any atom is 0.240 e. The van der Waals surface area contributed by atoms with E-state index in [0.717, 1.165) is 12.2 Å². The second kappa shape index (κ2) is 5.12. The van der Waals surface area contributed by atoms with Gasteiger partial charge in [-0.15, -0.1) is 11.8 Å². The maximum atomic E-state index is 5.11. The number of aryl methyl sites for hydroxylation is 1. The highest BCUT2D eigenvalue weighted by molar-refractivity contribution is 7.99. The Kier molecular flexibility index (Phi) is 3.34. The van der Waals surface area contributed by atoms with E-state index in [2.05, 4.69) is 39.7 Å². The zero-order chi connectivity index (χ0) is 12.4. The van der Waals surface area contributed by atoms with Crippen LogP contribution in [0, 0.1) is 6.92 Å². The highest BCUT2D eigenvalue weighted by Gasteiger charge is 2.20. The average molecular weight is 261 g/mol. The molecule has 3 rings (SSSR count). The Morgan fingerprint density at radius 2 is 2.33 bits per heavy atom. The van der Waals surface area contributed by atoms with Gasteiger partial charge >= 0.3 is 0 Å². The Labute approximate surface area is 110 Å². The quantitative estimate of drug-likeness (QED) is 0.920. The van der Waals surface area contributed by atoms with E-state index >= 15 is 0 Å². The molecule has 0 radical (unpaired) electrons. The number of nitrogens with zero attached hydrogens (tertiary/aromatic N) is 2. The van der Waals surface area contributed by atoms with E-state index < -0.39 is 0 Å². The topological polar surface area (TPSA) is 51.0 Å². The number of benzene rings is 1. The van der Waals surface area contributed by atoms with Crippen molar-refractivity contribution in [3.63, 3.8) is 0 Å². The fourth-order valence-corrected chi connectivity index (χ4v) is 3.30. The van der Waals surface area contributed by atoms with E-state index in [0.29, 0.717) is 24.3 Å². The first kappa shape index (κ1) is 11.7. The van der Waals surface area contributed by atoms with Crippen molar-refractivity contribution in [1.29, 1.82) is 0 Å². The van der Waals surface area contributed by atoms with Crippen molar-refractivity contribution < 1.29 is 4.52 Å². The van der Waals surface area contributed by atoms with Crippen LogP contribution in [-0.2, 0) is 6.54 Å². The summed E-state index contributed by atoms with van der Waals surface area (Å²) < 4.78 is 5.11. The third-order valence-electron chi connectivity index (χ3n) is 3.03. The summed E-state index contributed by atoms with van der Waals surface area (Å²) in [4.78, 5) is 5.58. The minimum absolute atomic E-state index is 0.384. The van der Waals surface area contributed by atoms with Gasteiger partial charge in [0.1, 0.15) is 0 Å². The summed E-state index contributed by atoms with van der Waals surface area (Å²) in [6, 6.07) is 8.95. The number of nitrogens with one attached hydrogen (secondary N) is 1. The summed E-state index contributed by atoms with van der Waals surface area (Å²) >= 11 is 1.93. The zero-order valence-electron chi connectivity index (χ0n) is 10.2. The van der Waals surface area contributed by atoms with Crippen molar-refractivity contribution in [1.82, 2.24) is 15.5 Å². The molecule has 1 atom stereocenters. The molecule has 4 nitrogen and oxygen atoms in total. The van der Waals surface area contributed by atoms with Gasteiger partial charge < -0.3 is 9.84 Å². The fourth-order valence-electron chi connectivity index (χ4n) is 2.18. The first-order chi connectivity index (χ1) is 8.83. The van der Waals surface area contributed by atoms with Gasteiger partial charge in [0, 0.05) is 10.9 Å². The smallest absolute Gasteiger partial charge is 0.240 e. The summed E-state index contributed by atoms with van der Waals surface area (Å²) in [5, 5.41) is 7.29. The molecule has 1 aliphatic heterocycles. The normalized spacial score (nSPS) is 18.6. The monoisotopic (exact) mass is 261 g/mol. The molecule has 2 heterocycles. The molecule has 1 unspecified atom stereocenters. The molecule has 0 amide bonds. The Morgan fingerprint density at radius 1 is 1.44 bits per heavy atom. The number of rotatable bonds is 3. The summed E-state index contributed by atoms with van der Waals surface area (Å²) in [6.45, 7) is 2.46. The molecule has 0 saturated carbocycles. The van der Waals surface area contributed by atoms with Gasteiger partial charge in [0.15, 0.2) is 5.82 Å². The van der Waals surface area contributed by atoms with Crippen molar-refractivity contribution in [2.24, 2.45) is 0 Å². The summed E-state index contributed by atoms with van der Waals surface area (Å²) in [5.74, 6) is 2.49. The summed E-state index contributed by atoms with van der Waals surface area (Å²) in [6.07, 6.45) is 1.13. The van der Waals surface area contributed by atoms with Gasteiger partial charge in [0.2, 0.25) is 5.89 Å². The van der Waals surface area contributed by atoms with Crippen LogP contribution in [0.2, 0.25) is 0 Å². The SMILES string of the molecule is Cc1noc(CNC2CCSc3ccccc32)n1. The predicted molar refractivity (Wildman–Crippen MR) is 70.4 cm³/mol. The molecule has 0 fully saturated rings. The lowest BCUT2D eigenvalue weighted by molar-refractivity contribution is 0.352. The Hall–Kier alpha value is -1.33. The van der Waals surface area contributed by atoms with Gasteiger partial charge in [-0.1, -0.05) is 23.4 Å². The molecule has 18 heavy (non-hydrogen) atoms. The van der Waals surface area contributed by atoms with Crippen LogP contribution in [0.5, 0.6) is 0 Å². The molecule has 0 aliphatic carbocycles. The number of thioether (sulfide) groups is 1. The van der Waals surface area contributed by atoms with Gasteiger partial charge in [-0.25, -0.2) is 0 Å². The third kappa shape index (κ3) is 2.42. The minimum atomic E-state index is 0.384. The number of hydrogen-bond acceptors (Lipinski definition) is 5. The van der Waals surface area contributed by atoms with Crippen molar-refractivity contribution in [3.05, 3.63) is 41.5 Å². The molecule has 0 bridgehead atoms. The average Bonchev–Trinajstić information content (AvgIpc) is 2.82. The lowest BCUT2D eigenvalue weighted by atomic mass is 10.0.